The van der Waals surface area contributed by atoms with E-state index in [2.05, 4.69) is 33.9 Å². The van der Waals surface area contributed by atoms with E-state index in [-0.39, 0.29) is 11.6 Å². The Morgan fingerprint density at radius 2 is 1.26 bits per heavy atom. The second-order valence-electron chi connectivity index (χ2n) is 12.3. The average Bonchev–Trinajstić information content (AvgIpc) is 3.20. The zero-order valence-corrected chi connectivity index (χ0v) is 26.5. The fourth-order valence-electron chi connectivity index (χ4n) is 4.92. The van der Waals surface area contributed by atoms with Gasteiger partial charge >= 0.3 is 0 Å². The highest BCUT2D eigenvalue weighted by atomic mass is 28.4. The van der Waals surface area contributed by atoms with E-state index in [4.69, 9.17) is 23.4 Å². The van der Waals surface area contributed by atoms with Crippen LogP contribution in [0, 0.1) is 0 Å². The smallest absolute Gasteiger partial charge is 0.219 e. The predicted molar refractivity (Wildman–Crippen MR) is 163 cm³/mol. The molecule has 9 heteroatoms. The molecule has 228 valence electrons. The van der Waals surface area contributed by atoms with Gasteiger partial charge in [-0.1, -0.05) is 75.4 Å². The Hall–Kier alpha value is -2.76. The molecule has 4 atom stereocenters. The quantitative estimate of drug-likeness (QED) is 0.213. The standard InChI is InChI=1S/C33H44O8Si/c1-31(2,3)42(6,7)40-21-28-29(34)30(35)32(36,41-28)22-39-33(23-11-9-8-10-12-23,24-13-17-26(37-4)18-14-24)25-15-19-27(38-5)20-16-25/h8-20,28-30,34-36H,21-22H2,1-7H3/t28-,29-,30+,32-/m1/s1. The van der Waals surface area contributed by atoms with Crippen molar-refractivity contribution in [3.05, 3.63) is 95.6 Å². The van der Waals surface area contributed by atoms with Crippen molar-refractivity contribution in [2.24, 2.45) is 0 Å². The maximum Gasteiger partial charge on any atom is 0.219 e. The van der Waals surface area contributed by atoms with Crippen LogP contribution in [0.3, 0.4) is 0 Å². The lowest BCUT2D eigenvalue weighted by Crippen LogP contribution is -2.49. The molecule has 42 heavy (non-hydrogen) atoms. The number of aliphatic hydroxyl groups excluding tert-OH is 2. The van der Waals surface area contributed by atoms with E-state index in [1.165, 1.54) is 0 Å². The monoisotopic (exact) mass is 596 g/mol. The first-order chi connectivity index (χ1) is 19.8. The van der Waals surface area contributed by atoms with Gasteiger partial charge in [-0.25, -0.2) is 0 Å². The Kier molecular flexibility index (Phi) is 9.54. The van der Waals surface area contributed by atoms with Crippen molar-refractivity contribution in [1.82, 2.24) is 0 Å². The summed E-state index contributed by atoms with van der Waals surface area (Å²) in [5.41, 5.74) is 1.07. The minimum Gasteiger partial charge on any atom is -0.497 e. The Bertz CT molecular complexity index is 1240. The van der Waals surface area contributed by atoms with Gasteiger partial charge in [-0.2, -0.15) is 0 Å². The number of ether oxygens (including phenoxy) is 4. The summed E-state index contributed by atoms with van der Waals surface area (Å²) in [5, 5.41) is 33.5. The summed E-state index contributed by atoms with van der Waals surface area (Å²) >= 11 is 0. The summed E-state index contributed by atoms with van der Waals surface area (Å²) in [6.07, 6.45) is -3.92. The van der Waals surface area contributed by atoms with E-state index in [0.29, 0.717) is 11.5 Å². The van der Waals surface area contributed by atoms with Crippen LogP contribution in [0.4, 0.5) is 0 Å². The highest BCUT2D eigenvalue weighted by Gasteiger charge is 2.55. The van der Waals surface area contributed by atoms with Crippen molar-refractivity contribution in [3.63, 3.8) is 0 Å². The maximum absolute atomic E-state index is 11.6. The van der Waals surface area contributed by atoms with Crippen molar-refractivity contribution in [2.45, 2.75) is 68.6 Å². The van der Waals surface area contributed by atoms with Crippen molar-refractivity contribution in [3.8, 4) is 11.5 Å². The van der Waals surface area contributed by atoms with Gasteiger partial charge in [-0.15, -0.1) is 0 Å². The van der Waals surface area contributed by atoms with Gasteiger partial charge in [0.05, 0.1) is 20.8 Å². The third-order valence-electron chi connectivity index (χ3n) is 8.61. The Balaban J connectivity index is 1.72. The largest absolute Gasteiger partial charge is 0.497 e. The summed E-state index contributed by atoms with van der Waals surface area (Å²) in [6.45, 7) is 10.1. The van der Waals surface area contributed by atoms with Crippen LogP contribution in [0.1, 0.15) is 37.5 Å². The van der Waals surface area contributed by atoms with Crippen LogP contribution in [-0.2, 0) is 19.5 Å². The van der Waals surface area contributed by atoms with Gasteiger partial charge in [-0.3, -0.25) is 0 Å². The van der Waals surface area contributed by atoms with Gasteiger partial charge in [0, 0.05) is 0 Å². The first kappa shape index (κ1) is 32.2. The van der Waals surface area contributed by atoms with E-state index in [1.54, 1.807) is 14.2 Å². The topological polar surface area (TPSA) is 107 Å². The number of methoxy groups -OCH3 is 2. The minimum atomic E-state index is -2.19. The van der Waals surface area contributed by atoms with E-state index in [0.717, 1.165) is 16.7 Å². The van der Waals surface area contributed by atoms with Gasteiger partial charge in [0.25, 0.3) is 0 Å². The molecular formula is C33H44O8Si. The molecule has 1 heterocycles. The molecule has 0 aromatic heterocycles. The van der Waals surface area contributed by atoms with Crippen molar-refractivity contribution in [2.75, 3.05) is 27.4 Å². The van der Waals surface area contributed by atoms with Crippen molar-refractivity contribution < 1.29 is 38.7 Å². The van der Waals surface area contributed by atoms with Crippen LogP contribution in [0.5, 0.6) is 11.5 Å². The maximum atomic E-state index is 11.6. The fourth-order valence-corrected chi connectivity index (χ4v) is 5.93. The molecule has 0 bridgehead atoms. The highest BCUT2D eigenvalue weighted by molar-refractivity contribution is 6.74. The van der Waals surface area contributed by atoms with Crippen LogP contribution < -0.4 is 9.47 Å². The van der Waals surface area contributed by atoms with Gasteiger partial charge in [-0.05, 0) is 59.1 Å². The second kappa shape index (κ2) is 12.5. The van der Waals surface area contributed by atoms with E-state index >= 15 is 0 Å². The summed E-state index contributed by atoms with van der Waals surface area (Å²) in [6, 6.07) is 24.6. The van der Waals surface area contributed by atoms with E-state index in [1.807, 2.05) is 78.9 Å². The molecule has 1 aliphatic rings. The third kappa shape index (κ3) is 6.28. The molecule has 3 aromatic carbocycles. The Labute approximate surface area is 249 Å². The highest BCUT2D eigenvalue weighted by Crippen LogP contribution is 2.44. The lowest BCUT2D eigenvalue weighted by molar-refractivity contribution is -0.265. The molecule has 0 saturated carbocycles. The molecule has 3 N–H and O–H groups in total. The number of aliphatic hydroxyl groups is 3. The minimum absolute atomic E-state index is 0.0395. The molecule has 1 saturated heterocycles. The molecule has 1 fully saturated rings. The molecule has 0 aliphatic carbocycles. The Morgan fingerprint density at radius 1 is 0.786 bits per heavy atom. The van der Waals surface area contributed by atoms with E-state index < -0.39 is 44.6 Å². The molecule has 0 radical (unpaired) electrons. The molecule has 1 aliphatic heterocycles. The van der Waals surface area contributed by atoms with Gasteiger partial charge in [0.15, 0.2) is 8.32 Å². The van der Waals surface area contributed by atoms with Crippen molar-refractivity contribution in [1.29, 1.82) is 0 Å². The summed E-state index contributed by atoms with van der Waals surface area (Å²) in [4.78, 5) is 0. The number of benzene rings is 3. The van der Waals surface area contributed by atoms with Crippen molar-refractivity contribution >= 4 is 8.32 Å². The fraction of sp³-hybridized carbons (Fsp3) is 0.455. The predicted octanol–water partition coefficient (Wildman–Crippen LogP) is 4.84. The summed E-state index contributed by atoms with van der Waals surface area (Å²) in [5.74, 6) is -0.840. The Morgan fingerprint density at radius 3 is 1.71 bits per heavy atom. The zero-order valence-electron chi connectivity index (χ0n) is 25.5. The number of hydrogen-bond acceptors (Lipinski definition) is 8. The zero-order chi connectivity index (χ0) is 30.8. The first-order valence-electron chi connectivity index (χ1n) is 14.2. The molecule has 3 aromatic rings. The normalized spacial score (nSPS) is 23.1. The van der Waals surface area contributed by atoms with Crippen LogP contribution in [0.15, 0.2) is 78.9 Å². The summed E-state index contributed by atoms with van der Waals surface area (Å²) in [7, 11) is 1.03. The number of rotatable bonds is 11. The van der Waals surface area contributed by atoms with Gasteiger partial charge in [0.1, 0.15) is 42.0 Å². The van der Waals surface area contributed by atoms with E-state index in [9.17, 15) is 15.3 Å². The van der Waals surface area contributed by atoms with Crippen LogP contribution >= 0.6 is 0 Å². The van der Waals surface area contributed by atoms with Gasteiger partial charge < -0.3 is 38.7 Å². The van der Waals surface area contributed by atoms with Crippen LogP contribution in [-0.4, -0.2) is 75.2 Å². The average molecular weight is 597 g/mol. The molecule has 0 spiro atoms. The number of hydrogen-bond donors (Lipinski definition) is 3. The molecule has 8 nitrogen and oxygen atoms in total. The lowest BCUT2D eigenvalue weighted by atomic mass is 9.80. The molecular weight excluding hydrogens is 552 g/mol. The molecule has 4 rings (SSSR count). The molecule has 0 unspecified atom stereocenters. The van der Waals surface area contributed by atoms with Crippen LogP contribution in [0.2, 0.25) is 18.1 Å². The SMILES string of the molecule is COc1ccc(C(OC[C@@]2(O)O[C@H](CO[Si](C)(C)C(C)(C)C)[C@@H](O)[C@@H]2O)(c2ccccc2)c2ccc(OC)cc2)cc1. The lowest BCUT2D eigenvalue weighted by Gasteiger charge is -2.39. The van der Waals surface area contributed by atoms with Crippen LogP contribution in [0.25, 0.3) is 0 Å². The first-order valence-corrected chi connectivity index (χ1v) is 17.1. The van der Waals surface area contributed by atoms with Gasteiger partial charge in [0.2, 0.25) is 5.79 Å². The summed E-state index contributed by atoms with van der Waals surface area (Å²) < 4.78 is 29.7. The second-order valence-corrected chi connectivity index (χ2v) is 17.1. The molecule has 0 amide bonds. The third-order valence-corrected chi connectivity index (χ3v) is 13.1.